The molecule has 0 unspecified atom stereocenters. The summed E-state index contributed by atoms with van der Waals surface area (Å²) in [4.78, 5) is 59.6. The average Bonchev–Trinajstić information content (AvgIpc) is 3.47. The largest absolute Gasteiger partial charge is 0.418 e. The van der Waals surface area contributed by atoms with Crippen molar-refractivity contribution >= 4 is 40.4 Å². The fraction of sp³-hybridized carbons (Fsp3) is 0.364. The van der Waals surface area contributed by atoms with E-state index in [4.69, 9.17) is 0 Å². The van der Waals surface area contributed by atoms with Crippen molar-refractivity contribution in [3.05, 3.63) is 49.7 Å². The molecule has 2 N–H and O–H groups in total. The first kappa shape index (κ1) is 26.1. The van der Waals surface area contributed by atoms with Crippen molar-refractivity contribution < 1.29 is 22.8 Å². The predicted molar refractivity (Wildman–Crippen MR) is 131 cm³/mol. The smallest absolute Gasteiger partial charge is 0.352 e. The Labute approximate surface area is 211 Å². The van der Waals surface area contributed by atoms with Crippen molar-refractivity contribution in [2.45, 2.75) is 33.0 Å². The van der Waals surface area contributed by atoms with E-state index >= 15 is 0 Å². The number of alkyl halides is 3. The number of aryl methyl sites for hydroxylation is 1. The lowest BCUT2D eigenvalue weighted by molar-refractivity contribution is -0.138. The monoisotopic (exact) mass is 537 g/mol. The maximum atomic E-state index is 13.2. The number of carbonyl (C=O) groups excluding carboxylic acids is 2. The minimum atomic E-state index is -4.56. The van der Waals surface area contributed by atoms with Crippen LogP contribution in [0.2, 0.25) is 0 Å². The minimum absolute atomic E-state index is 0.0641. The molecule has 0 radical (unpaired) electrons. The molecule has 196 valence electrons. The quantitative estimate of drug-likeness (QED) is 0.469. The number of hydrogen-bond donors (Lipinski definition) is 2. The minimum Gasteiger partial charge on any atom is -0.352 e. The van der Waals surface area contributed by atoms with E-state index in [1.54, 1.807) is 6.92 Å². The Balaban J connectivity index is 1.52. The lowest BCUT2D eigenvalue weighted by atomic mass is 10.1. The van der Waals surface area contributed by atoms with Crippen molar-refractivity contribution in [1.82, 2.24) is 19.1 Å². The second kappa shape index (κ2) is 9.80. The van der Waals surface area contributed by atoms with Crippen LogP contribution in [0.25, 0.3) is 10.6 Å². The second-order valence-electron chi connectivity index (χ2n) is 8.30. The fourth-order valence-electron chi connectivity index (χ4n) is 3.81. The van der Waals surface area contributed by atoms with Gasteiger partial charge in [0.25, 0.3) is 5.56 Å². The van der Waals surface area contributed by atoms with E-state index in [1.165, 1.54) is 35.0 Å². The normalized spacial score (nSPS) is 12.9. The molecule has 11 nitrogen and oxygen atoms in total. The molecule has 3 aromatic heterocycles. The third-order valence-electron chi connectivity index (χ3n) is 5.75. The number of hydrogen-bond acceptors (Lipinski definition) is 9. The number of thiazole rings is 1. The van der Waals surface area contributed by atoms with Crippen LogP contribution in [-0.4, -0.2) is 44.0 Å². The molecule has 1 aliphatic rings. The molecule has 15 heteroatoms. The highest BCUT2D eigenvalue weighted by molar-refractivity contribution is 7.13. The fourth-order valence-corrected chi connectivity index (χ4v) is 4.54. The Bertz CT molecular complexity index is 1510. The number of anilines is 3. The standard InChI is InChI=1S/C22H22F3N7O4S/c1-4-13(33)7-32-20(35)17-18(30(3)21(32)36)27-10-31(17)8-16(34)28-15-9-37-19(29-15)12-5-14(22(23,24)25)11(2)26-6-12/h5-6,9,27H,4,7-8,10H2,1-3H3,(H,28,34). The molecule has 0 aliphatic carbocycles. The van der Waals surface area contributed by atoms with Gasteiger partial charge in [-0.05, 0) is 13.0 Å². The van der Waals surface area contributed by atoms with Crippen molar-refractivity contribution in [1.29, 1.82) is 0 Å². The maximum Gasteiger partial charge on any atom is 0.418 e. The summed E-state index contributed by atoms with van der Waals surface area (Å²) in [5.74, 6) is -0.488. The van der Waals surface area contributed by atoms with Crippen LogP contribution in [-0.2, 0) is 29.4 Å². The van der Waals surface area contributed by atoms with Gasteiger partial charge in [-0.25, -0.2) is 9.78 Å². The number of fused-ring (bicyclic) bond motifs is 1. The molecule has 0 saturated carbocycles. The Morgan fingerprint density at radius 3 is 2.65 bits per heavy atom. The Hall–Kier alpha value is -4.01. The van der Waals surface area contributed by atoms with Crippen molar-refractivity contribution in [2.75, 3.05) is 28.7 Å². The SMILES string of the molecule is CCC(=O)Cn1c(=O)c2c(n(C)c1=O)NCN2CC(=O)Nc1csc(-c2cnc(C)c(C(F)(F)F)c2)n1. The summed E-state index contributed by atoms with van der Waals surface area (Å²) in [7, 11) is 1.45. The zero-order chi connectivity index (χ0) is 27.1. The number of carbonyl (C=O) groups is 2. The van der Waals surface area contributed by atoms with E-state index in [-0.39, 0.29) is 65.6 Å². The van der Waals surface area contributed by atoms with Gasteiger partial charge in [0.1, 0.15) is 22.3 Å². The van der Waals surface area contributed by atoms with E-state index in [0.717, 1.165) is 22.0 Å². The average molecular weight is 538 g/mol. The van der Waals surface area contributed by atoms with Gasteiger partial charge in [-0.1, -0.05) is 6.92 Å². The van der Waals surface area contributed by atoms with E-state index < -0.39 is 28.9 Å². The second-order valence-corrected chi connectivity index (χ2v) is 9.15. The molecular formula is C22H22F3N7O4S. The van der Waals surface area contributed by atoms with Crippen LogP contribution in [0.1, 0.15) is 24.6 Å². The van der Waals surface area contributed by atoms with E-state index in [9.17, 15) is 32.3 Å². The van der Waals surface area contributed by atoms with Crippen molar-refractivity contribution in [3.8, 4) is 10.6 Å². The summed E-state index contributed by atoms with van der Waals surface area (Å²) >= 11 is 1.03. The Morgan fingerprint density at radius 1 is 1.24 bits per heavy atom. The van der Waals surface area contributed by atoms with Crippen molar-refractivity contribution in [3.63, 3.8) is 0 Å². The van der Waals surface area contributed by atoms with E-state index in [2.05, 4.69) is 20.6 Å². The van der Waals surface area contributed by atoms with Crippen LogP contribution in [0.5, 0.6) is 0 Å². The Morgan fingerprint density at radius 2 is 1.97 bits per heavy atom. The summed E-state index contributed by atoms with van der Waals surface area (Å²) in [6.07, 6.45) is -3.13. The van der Waals surface area contributed by atoms with E-state index in [0.29, 0.717) is 0 Å². The predicted octanol–water partition coefficient (Wildman–Crippen LogP) is 2.20. The molecule has 4 rings (SSSR count). The first-order chi connectivity index (χ1) is 17.4. The van der Waals surface area contributed by atoms with Crippen molar-refractivity contribution in [2.24, 2.45) is 7.05 Å². The van der Waals surface area contributed by atoms with Crippen LogP contribution < -0.4 is 26.8 Å². The number of nitrogens with one attached hydrogen (secondary N) is 2. The van der Waals surface area contributed by atoms with Gasteiger partial charge in [0, 0.05) is 36.3 Å². The van der Waals surface area contributed by atoms with Gasteiger partial charge in [0.2, 0.25) is 5.91 Å². The van der Waals surface area contributed by atoms with Gasteiger partial charge < -0.3 is 15.5 Å². The summed E-state index contributed by atoms with van der Waals surface area (Å²) < 4.78 is 41.7. The molecule has 0 bridgehead atoms. The number of ketones is 1. The summed E-state index contributed by atoms with van der Waals surface area (Å²) in [6.45, 7) is 2.29. The Kier molecular flexibility index (Phi) is 6.90. The number of amides is 1. The maximum absolute atomic E-state index is 13.2. The van der Waals surface area contributed by atoms with Gasteiger partial charge in [0.05, 0.1) is 25.3 Å². The van der Waals surface area contributed by atoms with Crippen LogP contribution in [0.15, 0.2) is 27.2 Å². The first-order valence-corrected chi connectivity index (χ1v) is 11.9. The summed E-state index contributed by atoms with van der Waals surface area (Å²) in [5.41, 5.74) is -2.14. The molecule has 1 aliphatic heterocycles. The number of nitrogens with zero attached hydrogens (tertiary/aromatic N) is 5. The van der Waals surface area contributed by atoms with Gasteiger partial charge in [-0.15, -0.1) is 11.3 Å². The molecule has 4 heterocycles. The van der Waals surface area contributed by atoms with Gasteiger partial charge in [-0.3, -0.25) is 28.5 Å². The number of rotatable bonds is 7. The molecular weight excluding hydrogens is 515 g/mol. The van der Waals surface area contributed by atoms with Gasteiger partial charge in [0.15, 0.2) is 5.78 Å². The number of Topliss-reactive ketones (excluding diaryl/α,β-unsaturated/α-hetero) is 1. The van der Waals surface area contributed by atoms with Crippen LogP contribution in [0.4, 0.5) is 30.5 Å². The highest BCUT2D eigenvalue weighted by atomic mass is 32.1. The lowest BCUT2D eigenvalue weighted by Crippen LogP contribution is -2.43. The zero-order valence-electron chi connectivity index (χ0n) is 20.0. The molecule has 3 aromatic rings. The zero-order valence-corrected chi connectivity index (χ0v) is 20.8. The van der Waals surface area contributed by atoms with Crippen LogP contribution in [0.3, 0.4) is 0 Å². The molecule has 0 atom stereocenters. The topological polar surface area (TPSA) is 131 Å². The van der Waals surface area contributed by atoms with E-state index in [1.807, 2.05) is 0 Å². The summed E-state index contributed by atoms with van der Waals surface area (Å²) in [5, 5.41) is 7.19. The van der Waals surface area contributed by atoms with Gasteiger partial charge in [-0.2, -0.15) is 13.2 Å². The third kappa shape index (κ3) is 5.12. The molecule has 0 fully saturated rings. The third-order valence-corrected chi connectivity index (χ3v) is 6.64. The molecule has 0 saturated heterocycles. The molecule has 0 spiro atoms. The molecule has 1 amide bonds. The number of aromatic nitrogens is 4. The molecule has 0 aromatic carbocycles. The van der Waals surface area contributed by atoms with Crippen LogP contribution in [0, 0.1) is 6.92 Å². The molecule has 37 heavy (non-hydrogen) atoms. The lowest BCUT2D eigenvalue weighted by Gasteiger charge is -2.17. The number of halogens is 3. The number of pyridine rings is 1. The summed E-state index contributed by atoms with van der Waals surface area (Å²) in [6, 6.07) is 0.957. The first-order valence-electron chi connectivity index (χ1n) is 11.0. The van der Waals surface area contributed by atoms with Gasteiger partial charge >= 0.3 is 11.9 Å². The highest BCUT2D eigenvalue weighted by Crippen LogP contribution is 2.35. The van der Waals surface area contributed by atoms with Crippen LogP contribution >= 0.6 is 11.3 Å². The highest BCUT2D eigenvalue weighted by Gasteiger charge is 2.34.